The molecule has 0 saturated carbocycles. The van der Waals surface area contributed by atoms with Crippen molar-refractivity contribution in [1.29, 1.82) is 0 Å². The summed E-state index contributed by atoms with van der Waals surface area (Å²) in [6.45, 7) is 11.0. The van der Waals surface area contributed by atoms with E-state index in [1.807, 2.05) is 6.08 Å². The molecule has 0 aliphatic carbocycles. The van der Waals surface area contributed by atoms with Gasteiger partial charge in [0.25, 0.3) is 0 Å². The summed E-state index contributed by atoms with van der Waals surface area (Å²) in [6, 6.07) is 0. The Balaban J connectivity index is 3.09. The van der Waals surface area contributed by atoms with Gasteiger partial charge in [-0.05, 0) is 18.8 Å². The Morgan fingerprint density at radius 2 is 2.38 bits per heavy atom. The fourth-order valence-electron chi connectivity index (χ4n) is 0.477. The second-order valence-corrected chi connectivity index (χ2v) is 2.03. The van der Waals surface area contributed by atoms with Crippen LogP contribution in [0.4, 0.5) is 0 Å². The molecule has 0 fully saturated rings. The van der Waals surface area contributed by atoms with Crippen LogP contribution in [-0.4, -0.2) is 0 Å². The van der Waals surface area contributed by atoms with Crippen LogP contribution in [0, 0.1) is 12.5 Å². The monoisotopic (exact) mass is 109 g/mol. The summed E-state index contributed by atoms with van der Waals surface area (Å²) in [4.78, 5) is 0. The summed E-state index contributed by atoms with van der Waals surface area (Å²) in [5.41, 5.74) is 0. The first-order valence-corrected chi connectivity index (χ1v) is 2.97. The molecular weight excluding hydrogens is 96.1 g/mol. The van der Waals surface area contributed by atoms with Gasteiger partial charge in [0, 0.05) is 0 Å². The predicted octanol–water partition coefficient (Wildman–Crippen LogP) is 2.58. The predicted molar refractivity (Wildman–Crippen MR) is 37.5 cm³/mol. The zero-order valence-corrected chi connectivity index (χ0v) is 5.43. The van der Waals surface area contributed by atoms with Crippen molar-refractivity contribution in [1.82, 2.24) is 0 Å². The summed E-state index contributed by atoms with van der Waals surface area (Å²) in [5, 5.41) is 0. The van der Waals surface area contributed by atoms with E-state index in [1.54, 1.807) is 6.08 Å². The Bertz CT molecular complexity index is 72.1. The van der Waals surface area contributed by atoms with Crippen molar-refractivity contribution in [3.63, 3.8) is 0 Å². The van der Waals surface area contributed by atoms with Crippen molar-refractivity contribution in [3.05, 3.63) is 25.3 Å². The van der Waals surface area contributed by atoms with E-state index in [2.05, 4.69) is 13.5 Å². The van der Waals surface area contributed by atoms with E-state index in [1.165, 1.54) is 0 Å². The lowest BCUT2D eigenvalue weighted by atomic mass is 10.1. The van der Waals surface area contributed by atoms with Gasteiger partial charge in [0.2, 0.25) is 0 Å². The van der Waals surface area contributed by atoms with Crippen molar-refractivity contribution < 1.29 is 0 Å². The smallest absolute Gasteiger partial charge is 0.0262 e. The van der Waals surface area contributed by atoms with E-state index in [4.69, 9.17) is 6.58 Å². The highest BCUT2D eigenvalue weighted by Crippen LogP contribution is 2.04. The molecule has 0 aromatic carbocycles. The van der Waals surface area contributed by atoms with Gasteiger partial charge in [-0.1, -0.05) is 25.7 Å². The van der Waals surface area contributed by atoms with Crippen LogP contribution >= 0.6 is 0 Å². The molecular formula is C8H13. The second-order valence-electron chi connectivity index (χ2n) is 2.03. The molecule has 0 amide bonds. The van der Waals surface area contributed by atoms with Crippen LogP contribution in [0.3, 0.4) is 0 Å². The van der Waals surface area contributed by atoms with Crippen LogP contribution < -0.4 is 0 Å². The maximum atomic E-state index is 5.17. The number of hydrogen-bond acceptors (Lipinski definition) is 0. The van der Waals surface area contributed by atoms with E-state index in [-0.39, 0.29) is 0 Å². The van der Waals surface area contributed by atoms with E-state index >= 15 is 0 Å². The zero-order chi connectivity index (χ0) is 6.41. The van der Waals surface area contributed by atoms with Crippen LogP contribution in [0.25, 0.3) is 0 Å². The highest BCUT2D eigenvalue weighted by molar-refractivity contribution is 4.77. The fraction of sp³-hybridized carbons (Fsp3) is 0.500. The van der Waals surface area contributed by atoms with Crippen molar-refractivity contribution in [2.75, 3.05) is 0 Å². The zero-order valence-electron chi connectivity index (χ0n) is 5.43. The van der Waals surface area contributed by atoms with Crippen molar-refractivity contribution in [2.24, 2.45) is 5.92 Å². The van der Waals surface area contributed by atoms with Gasteiger partial charge >= 0.3 is 0 Å². The molecule has 1 atom stereocenters. The van der Waals surface area contributed by atoms with Gasteiger partial charge < -0.3 is 0 Å². The topological polar surface area (TPSA) is 0 Å². The molecule has 45 valence electrons. The number of hydrogen-bond donors (Lipinski definition) is 0. The van der Waals surface area contributed by atoms with Gasteiger partial charge in [-0.25, -0.2) is 0 Å². The SMILES string of the molecule is [CH]=CCCC(C)C=C. The number of allylic oxidation sites excluding steroid dienone is 2. The molecule has 0 aromatic heterocycles. The molecule has 0 nitrogen and oxygen atoms in total. The van der Waals surface area contributed by atoms with Gasteiger partial charge in [-0.2, -0.15) is 0 Å². The Labute approximate surface area is 51.9 Å². The highest BCUT2D eigenvalue weighted by atomic mass is 14.0. The quantitative estimate of drug-likeness (QED) is 0.487. The second kappa shape index (κ2) is 4.63. The lowest BCUT2D eigenvalue weighted by Gasteiger charge is -1.99. The van der Waals surface area contributed by atoms with E-state index < -0.39 is 0 Å². The van der Waals surface area contributed by atoms with Crippen molar-refractivity contribution in [3.8, 4) is 0 Å². The average molecular weight is 109 g/mol. The molecule has 1 radical (unpaired) electrons. The summed E-state index contributed by atoms with van der Waals surface area (Å²) < 4.78 is 0. The molecule has 0 saturated heterocycles. The van der Waals surface area contributed by atoms with Crippen molar-refractivity contribution >= 4 is 0 Å². The largest absolute Gasteiger partial charge is 0.103 e. The van der Waals surface area contributed by atoms with Gasteiger partial charge in [0.15, 0.2) is 0 Å². The summed E-state index contributed by atoms with van der Waals surface area (Å²) in [7, 11) is 0. The minimum absolute atomic E-state index is 0.606. The molecule has 0 bridgehead atoms. The van der Waals surface area contributed by atoms with Gasteiger partial charge in [0.1, 0.15) is 0 Å². The van der Waals surface area contributed by atoms with Crippen LogP contribution in [0.1, 0.15) is 19.8 Å². The molecule has 0 heterocycles. The first-order valence-electron chi connectivity index (χ1n) is 2.97. The lowest BCUT2D eigenvalue weighted by molar-refractivity contribution is 0.659. The maximum Gasteiger partial charge on any atom is -0.0262 e. The Hall–Kier alpha value is -0.520. The molecule has 0 spiro atoms. The molecule has 1 unspecified atom stereocenters. The normalized spacial score (nSPS) is 12.6. The standard InChI is InChI=1S/C8H13/c1-4-6-7-8(3)5-2/h1,4-5,8H,2,6-7H2,3H3. The third-order valence-electron chi connectivity index (χ3n) is 1.19. The molecule has 0 aromatic rings. The molecule has 0 aliphatic heterocycles. The van der Waals surface area contributed by atoms with E-state index in [9.17, 15) is 0 Å². The summed E-state index contributed by atoms with van der Waals surface area (Å²) in [5.74, 6) is 0.606. The lowest BCUT2D eigenvalue weighted by Crippen LogP contribution is -1.85. The minimum atomic E-state index is 0.606. The molecule has 0 heteroatoms. The molecule has 8 heavy (non-hydrogen) atoms. The van der Waals surface area contributed by atoms with Gasteiger partial charge in [-0.3, -0.25) is 0 Å². The highest BCUT2D eigenvalue weighted by Gasteiger charge is 1.90. The summed E-state index contributed by atoms with van der Waals surface area (Å²) >= 11 is 0. The van der Waals surface area contributed by atoms with E-state index in [0.717, 1.165) is 12.8 Å². The Kier molecular flexibility index (Phi) is 4.33. The van der Waals surface area contributed by atoms with E-state index in [0.29, 0.717) is 5.92 Å². The van der Waals surface area contributed by atoms with Crippen LogP contribution in [0.2, 0.25) is 0 Å². The third kappa shape index (κ3) is 3.66. The Morgan fingerprint density at radius 1 is 1.75 bits per heavy atom. The molecule has 0 aliphatic rings. The van der Waals surface area contributed by atoms with Crippen molar-refractivity contribution in [2.45, 2.75) is 19.8 Å². The maximum absolute atomic E-state index is 5.17. The molecule has 0 N–H and O–H groups in total. The van der Waals surface area contributed by atoms with Crippen LogP contribution in [0.15, 0.2) is 18.7 Å². The average Bonchev–Trinajstić information content (AvgIpc) is 1.83. The van der Waals surface area contributed by atoms with Gasteiger partial charge in [0.05, 0.1) is 0 Å². The first-order chi connectivity index (χ1) is 3.81. The number of rotatable bonds is 4. The fourth-order valence-corrected chi connectivity index (χ4v) is 0.477. The van der Waals surface area contributed by atoms with Crippen LogP contribution in [-0.2, 0) is 0 Å². The Morgan fingerprint density at radius 3 is 2.75 bits per heavy atom. The minimum Gasteiger partial charge on any atom is -0.103 e. The summed E-state index contributed by atoms with van der Waals surface area (Å²) in [6.07, 6.45) is 5.76. The first kappa shape index (κ1) is 7.48. The third-order valence-corrected chi connectivity index (χ3v) is 1.19. The van der Waals surface area contributed by atoms with Gasteiger partial charge in [-0.15, -0.1) is 6.58 Å². The molecule has 0 rings (SSSR count). The van der Waals surface area contributed by atoms with Crippen LogP contribution in [0.5, 0.6) is 0 Å².